The van der Waals surface area contributed by atoms with Crippen molar-refractivity contribution in [1.29, 1.82) is 0 Å². The summed E-state index contributed by atoms with van der Waals surface area (Å²) in [6.45, 7) is 2.20. The van der Waals surface area contributed by atoms with Gasteiger partial charge in [-0.25, -0.2) is 4.39 Å². The van der Waals surface area contributed by atoms with Crippen LogP contribution in [0, 0.1) is 5.82 Å². The highest BCUT2D eigenvalue weighted by Crippen LogP contribution is 2.20. The first-order valence-corrected chi connectivity index (χ1v) is 6.93. The van der Waals surface area contributed by atoms with Gasteiger partial charge >= 0.3 is 0 Å². The fourth-order valence-corrected chi connectivity index (χ4v) is 2.44. The number of piperidine rings is 1. The van der Waals surface area contributed by atoms with Crippen LogP contribution in [-0.4, -0.2) is 26.3 Å². The highest BCUT2D eigenvalue weighted by atomic mass is 19.1. The Morgan fingerprint density at radius 3 is 3.00 bits per heavy atom. The number of hydrogen-bond donors (Lipinski definition) is 1. The lowest BCUT2D eigenvalue weighted by atomic mass is 10.0. The Kier molecular flexibility index (Phi) is 5.61. The van der Waals surface area contributed by atoms with Crippen molar-refractivity contribution in [2.24, 2.45) is 0 Å². The number of benzene rings is 1. The van der Waals surface area contributed by atoms with Gasteiger partial charge in [0.1, 0.15) is 11.6 Å². The van der Waals surface area contributed by atoms with Crippen LogP contribution in [0.2, 0.25) is 0 Å². The summed E-state index contributed by atoms with van der Waals surface area (Å²) in [7, 11) is 1.59. The summed E-state index contributed by atoms with van der Waals surface area (Å²) < 4.78 is 24.0. The number of halogens is 1. The number of methoxy groups -OCH3 is 1. The zero-order valence-corrected chi connectivity index (χ0v) is 11.5. The van der Waals surface area contributed by atoms with E-state index in [0.29, 0.717) is 25.0 Å². The average Bonchev–Trinajstić information content (AvgIpc) is 2.45. The van der Waals surface area contributed by atoms with Crippen LogP contribution in [0.4, 0.5) is 4.39 Å². The molecule has 0 radical (unpaired) electrons. The second kappa shape index (κ2) is 7.46. The number of ether oxygens (including phenoxy) is 2. The lowest BCUT2D eigenvalue weighted by Gasteiger charge is -2.23. The van der Waals surface area contributed by atoms with Crippen LogP contribution >= 0.6 is 0 Å². The normalized spacial score (nSPS) is 19.4. The van der Waals surface area contributed by atoms with Gasteiger partial charge in [0, 0.05) is 18.2 Å². The van der Waals surface area contributed by atoms with Crippen LogP contribution < -0.4 is 10.1 Å². The molecule has 1 heterocycles. The minimum atomic E-state index is -0.256. The first-order valence-electron chi connectivity index (χ1n) is 6.93. The molecule has 1 aromatic carbocycles. The van der Waals surface area contributed by atoms with Gasteiger partial charge in [0.25, 0.3) is 0 Å². The number of nitrogens with one attached hydrogen (secondary N) is 1. The first kappa shape index (κ1) is 14.3. The molecule has 3 nitrogen and oxygen atoms in total. The van der Waals surface area contributed by atoms with Gasteiger partial charge in [0.05, 0.1) is 13.7 Å². The van der Waals surface area contributed by atoms with Gasteiger partial charge in [-0.15, -0.1) is 0 Å². The fourth-order valence-electron chi connectivity index (χ4n) is 2.44. The van der Waals surface area contributed by atoms with Gasteiger partial charge in [-0.3, -0.25) is 0 Å². The maximum atomic E-state index is 13.2. The molecular formula is C15H22FNO2. The summed E-state index contributed by atoms with van der Waals surface area (Å²) in [6, 6.07) is 5.08. The molecule has 1 atom stereocenters. The van der Waals surface area contributed by atoms with Gasteiger partial charge in [0.15, 0.2) is 0 Å². The Morgan fingerprint density at radius 1 is 1.37 bits per heavy atom. The van der Waals surface area contributed by atoms with Gasteiger partial charge in [0.2, 0.25) is 0 Å². The number of rotatable bonds is 6. The molecule has 0 aliphatic carbocycles. The van der Waals surface area contributed by atoms with E-state index in [9.17, 15) is 4.39 Å². The van der Waals surface area contributed by atoms with Crippen molar-refractivity contribution in [1.82, 2.24) is 5.32 Å². The third kappa shape index (κ3) is 4.48. The molecule has 4 heteroatoms. The molecule has 0 spiro atoms. The fraction of sp³-hybridized carbons (Fsp3) is 0.600. The molecule has 1 saturated heterocycles. The molecule has 1 aliphatic heterocycles. The molecule has 0 bridgehead atoms. The zero-order chi connectivity index (χ0) is 13.5. The maximum absolute atomic E-state index is 13.2. The van der Waals surface area contributed by atoms with Gasteiger partial charge < -0.3 is 14.8 Å². The van der Waals surface area contributed by atoms with Crippen LogP contribution in [-0.2, 0) is 11.3 Å². The Hall–Kier alpha value is -1.13. The quantitative estimate of drug-likeness (QED) is 0.804. The van der Waals surface area contributed by atoms with Gasteiger partial charge in [-0.05, 0) is 44.0 Å². The summed E-state index contributed by atoms with van der Waals surface area (Å²) in [6.07, 6.45) is 4.82. The molecule has 2 rings (SSSR count). The topological polar surface area (TPSA) is 30.5 Å². The van der Waals surface area contributed by atoms with E-state index in [1.54, 1.807) is 13.2 Å². The predicted molar refractivity (Wildman–Crippen MR) is 72.9 cm³/mol. The monoisotopic (exact) mass is 267 g/mol. The molecule has 1 fully saturated rings. The predicted octanol–water partition coefficient (Wildman–Crippen LogP) is 2.88. The van der Waals surface area contributed by atoms with Crippen molar-refractivity contribution in [3.05, 3.63) is 29.6 Å². The van der Waals surface area contributed by atoms with Crippen molar-refractivity contribution >= 4 is 0 Å². The smallest absolute Gasteiger partial charge is 0.124 e. The van der Waals surface area contributed by atoms with Gasteiger partial charge in [-0.1, -0.05) is 6.42 Å². The van der Waals surface area contributed by atoms with E-state index in [0.717, 1.165) is 18.5 Å². The standard InChI is InChI=1S/C15H22FNO2/c1-18-15-6-5-13(16)10-12(15)11-19-9-7-14-4-2-3-8-17-14/h5-6,10,14,17H,2-4,7-9,11H2,1H3. The number of hydrogen-bond acceptors (Lipinski definition) is 3. The summed E-state index contributed by atoms with van der Waals surface area (Å²) in [4.78, 5) is 0. The highest BCUT2D eigenvalue weighted by Gasteiger charge is 2.12. The Morgan fingerprint density at radius 2 is 2.26 bits per heavy atom. The lowest BCUT2D eigenvalue weighted by molar-refractivity contribution is 0.106. The summed E-state index contributed by atoms with van der Waals surface area (Å²) >= 11 is 0. The molecule has 19 heavy (non-hydrogen) atoms. The SMILES string of the molecule is COc1ccc(F)cc1COCCC1CCCCN1. The van der Waals surface area contributed by atoms with E-state index in [4.69, 9.17) is 9.47 Å². The van der Waals surface area contributed by atoms with Crippen LogP contribution in [0.1, 0.15) is 31.2 Å². The maximum Gasteiger partial charge on any atom is 0.124 e. The summed E-state index contributed by atoms with van der Waals surface area (Å²) in [5.41, 5.74) is 0.763. The van der Waals surface area contributed by atoms with Crippen LogP contribution in [0.3, 0.4) is 0 Å². The summed E-state index contributed by atoms with van der Waals surface area (Å²) in [5, 5.41) is 3.48. The van der Waals surface area contributed by atoms with Crippen molar-refractivity contribution in [2.75, 3.05) is 20.3 Å². The first-order chi connectivity index (χ1) is 9.29. The molecule has 1 aliphatic rings. The molecular weight excluding hydrogens is 245 g/mol. The minimum Gasteiger partial charge on any atom is -0.496 e. The van der Waals surface area contributed by atoms with Crippen molar-refractivity contribution in [3.63, 3.8) is 0 Å². The molecule has 1 N–H and O–H groups in total. The molecule has 1 unspecified atom stereocenters. The molecule has 1 aromatic rings. The van der Waals surface area contributed by atoms with E-state index in [2.05, 4.69) is 5.32 Å². The van der Waals surface area contributed by atoms with Crippen LogP contribution in [0.5, 0.6) is 5.75 Å². The van der Waals surface area contributed by atoms with Crippen LogP contribution in [0.15, 0.2) is 18.2 Å². The molecule has 0 aromatic heterocycles. The third-order valence-corrected chi connectivity index (χ3v) is 3.52. The van der Waals surface area contributed by atoms with Crippen molar-refractivity contribution < 1.29 is 13.9 Å². The molecule has 106 valence electrons. The van der Waals surface area contributed by atoms with E-state index < -0.39 is 0 Å². The second-order valence-electron chi connectivity index (χ2n) is 4.94. The average molecular weight is 267 g/mol. The largest absolute Gasteiger partial charge is 0.496 e. The van der Waals surface area contributed by atoms with Gasteiger partial charge in [-0.2, -0.15) is 0 Å². The molecule has 0 amide bonds. The van der Waals surface area contributed by atoms with Crippen molar-refractivity contribution in [2.45, 2.75) is 38.3 Å². The highest BCUT2D eigenvalue weighted by molar-refractivity contribution is 5.33. The van der Waals surface area contributed by atoms with Crippen molar-refractivity contribution in [3.8, 4) is 5.75 Å². The zero-order valence-electron chi connectivity index (χ0n) is 11.5. The third-order valence-electron chi connectivity index (χ3n) is 3.52. The minimum absolute atomic E-state index is 0.256. The summed E-state index contributed by atoms with van der Waals surface area (Å²) in [5.74, 6) is 0.422. The second-order valence-corrected chi connectivity index (χ2v) is 4.94. The Labute approximate surface area is 114 Å². The Bertz CT molecular complexity index is 392. The van der Waals surface area contributed by atoms with E-state index in [1.165, 1.54) is 31.4 Å². The van der Waals surface area contributed by atoms with E-state index in [-0.39, 0.29) is 5.82 Å². The lowest BCUT2D eigenvalue weighted by Crippen LogP contribution is -2.34. The molecule has 0 saturated carbocycles. The van der Waals surface area contributed by atoms with Crippen LogP contribution in [0.25, 0.3) is 0 Å². The van der Waals surface area contributed by atoms with E-state index >= 15 is 0 Å². The Balaban J connectivity index is 1.74. The van der Waals surface area contributed by atoms with E-state index in [1.807, 2.05) is 0 Å².